The highest BCUT2D eigenvalue weighted by Gasteiger charge is 2.28. The number of hydrogen-bond donors (Lipinski definition) is 0. The van der Waals surface area contributed by atoms with Crippen LogP contribution in [0.5, 0.6) is 0 Å². The zero-order chi connectivity index (χ0) is 18.4. The Morgan fingerprint density at radius 3 is 2.38 bits per heavy atom. The molecular weight excluding hydrogens is 362 g/mol. The molecule has 1 saturated heterocycles. The van der Waals surface area contributed by atoms with Crippen LogP contribution in [0.4, 0.5) is 0 Å². The largest absolute Gasteiger partial charge is 0.288 e. The van der Waals surface area contributed by atoms with Crippen molar-refractivity contribution in [1.82, 2.24) is 4.31 Å². The molecule has 0 saturated carbocycles. The van der Waals surface area contributed by atoms with Gasteiger partial charge in [-0.3, -0.25) is 13.9 Å². The molecule has 26 heavy (non-hydrogen) atoms. The lowest BCUT2D eigenvalue weighted by atomic mass is 10.0. The molecule has 1 heterocycles. The monoisotopic (exact) mass is 385 g/mol. The third kappa shape index (κ3) is 5.15. The second-order valence-corrected chi connectivity index (χ2v) is 8.81. The summed E-state index contributed by atoms with van der Waals surface area (Å²) in [5.74, 6) is 1.08. The average molecular weight is 386 g/mol. The van der Waals surface area contributed by atoms with E-state index >= 15 is 0 Å². The summed E-state index contributed by atoms with van der Waals surface area (Å²) in [6.07, 6.45) is 2.52. The lowest BCUT2D eigenvalue weighted by Gasteiger charge is -2.20. The maximum Gasteiger partial charge on any atom is 0.246 e. The molecule has 3 rings (SSSR count). The second-order valence-electron chi connectivity index (χ2n) is 6.33. The van der Waals surface area contributed by atoms with Gasteiger partial charge in [-0.1, -0.05) is 66.4 Å². The van der Waals surface area contributed by atoms with E-state index in [9.17, 15) is 9.59 Å². The summed E-state index contributed by atoms with van der Waals surface area (Å²) >= 11 is 2.76. The van der Waals surface area contributed by atoms with Gasteiger partial charge >= 0.3 is 0 Å². The van der Waals surface area contributed by atoms with Crippen LogP contribution in [0.3, 0.4) is 0 Å². The van der Waals surface area contributed by atoms with Gasteiger partial charge in [-0.25, -0.2) is 0 Å². The summed E-state index contributed by atoms with van der Waals surface area (Å²) < 4.78 is 1.83. The number of amides is 1. The quantitative estimate of drug-likeness (QED) is 0.669. The van der Waals surface area contributed by atoms with Crippen LogP contribution in [-0.2, 0) is 16.0 Å². The van der Waals surface area contributed by atoms with Gasteiger partial charge in [0.15, 0.2) is 5.12 Å². The molecule has 0 aliphatic carbocycles. The summed E-state index contributed by atoms with van der Waals surface area (Å²) in [4.78, 5) is 24.2. The molecule has 0 radical (unpaired) electrons. The number of hydrogen-bond acceptors (Lipinski definition) is 4. The van der Waals surface area contributed by atoms with Crippen molar-refractivity contribution in [2.45, 2.75) is 31.4 Å². The molecule has 1 aliphatic rings. The van der Waals surface area contributed by atoms with Crippen LogP contribution in [0.2, 0.25) is 0 Å². The van der Waals surface area contributed by atoms with Gasteiger partial charge in [0.2, 0.25) is 5.91 Å². The number of aryl methyl sites for hydroxylation is 1. The third-order valence-electron chi connectivity index (χ3n) is 4.34. The highest BCUT2D eigenvalue weighted by molar-refractivity contribution is 8.14. The number of rotatable bonds is 6. The first-order valence-electron chi connectivity index (χ1n) is 8.89. The number of carbonyl (C=O) groups is 2. The fourth-order valence-corrected chi connectivity index (χ4v) is 4.93. The predicted octanol–water partition coefficient (Wildman–Crippen LogP) is 4.82. The van der Waals surface area contributed by atoms with Crippen LogP contribution in [0.1, 0.15) is 25.3 Å². The van der Waals surface area contributed by atoms with Crippen LogP contribution in [0.25, 0.3) is 11.1 Å². The Balaban J connectivity index is 1.62. The van der Waals surface area contributed by atoms with Gasteiger partial charge < -0.3 is 0 Å². The smallest absolute Gasteiger partial charge is 0.246 e. The highest BCUT2D eigenvalue weighted by atomic mass is 32.2. The molecule has 136 valence electrons. The number of nitrogens with zero attached hydrogens (tertiary/aromatic N) is 1. The molecule has 0 spiro atoms. The zero-order valence-corrected chi connectivity index (χ0v) is 16.5. The molecule has 1 fully saturated rings. The first kappa shape index (κ1) is 19.1. The minimum Gasteiger partial charge on any atom is -0.288 e. The Hall–Kier alpha value is -1.72. The molecule has 2 aromatic carbocycles. The van der Waals surface area contributed by atoms with Crippen LogP contribution in [0, 0.1) is 0 Å². The lowest BCUT2D eigenvalue weighted by molar-refractivity contribution is -0.125. The van der Waals surface area contributed by atoms with Crippen molar-refractivity contribution in [3.63, 3.8) is 0 Å². The summed E-state index contributed by atoms with van der Waals surface area (Å²) in [7, 11) is 0. The number of benzene rings is 2. The molecule has 1 aliphatic heterocycles. The van der Waals surface area contributed by atoms with E-state index in [-0.39, 0.29) is 16.3 Å². The van der Waals surface area contributed by atoms with Crippen molar-refractivity contribution in [2.24, 2.45) is 0 Å². The molecular formula is C21H23NO2S2. The predicted molar refractivity (Wildman–Crippen MR) is 111 cm³/mol. The first-order valence-corrected chi connectivity index (χ1v) is 10.7. The zero-order valence-electron chi connectivity index (χ0n) is 14.9. The molecule has 2 aromatic rings. The Kier molecular flexibility index (Phi) is 6.80. The SMILES string of the molecule is CC(=O)SC(CCc1ccc(-c2ccccc2)cc1)C(=O)N1CCCS1. The molecule has 0 N–H and O–H groups in total. The standard InChI is InChI=1S/C21H23NO2S2/c1-16(23)26-20(21(24)22-14-5-15-25-22)13-10-17-8-11-19(12-9-17)18-6-3-2-4-7-18/h2-4,6-9,11-12,20H,5,10,13-15H2,1H3. The van der Waals surface area contributed by atoms with Crippen molar-refractivity contribution in [3.05, 3.63) is 60.2 Å². The molecule has 1 atom stereocenters. The summed E-state index contributed by atoms with van der Waals surface area (Å²) in [6.45, 7) is 2.33. The fraction of sp³-hybridized carbons (Fsp3) is 0.333. The summed E-state index contributed by atoms with van der Waals surface area (Å²) in [5.41, 5.74) is 3.58. The van der Waals surface area contributed by atoms with E-state index in [2.05, 4.69) is 36.4 Å². The maximum absolute atomic E-state index is 12.7. The van der Waals surface area contributed by atoms with E-state index in [0.29, 0.717) is 6.42 Å². The third-order valence-corrected chi connectivity index (χ3v) is 6.54. The van der Waals surface area contributed by atoms with E-state index in [4.69, 9.17) is 0 Å². The number of thioether (sulfide) groups is 1. The second kappa shape index (κ2) is 9.28. The van der Waals surface area contributed by atoms with Gasteiger partial charge in [0.05, 0.1) is 5.25 Å². The molecule has 5 heteroatoms. The minimum absolute atomic E-state index is 0.00646. The summed E-state index contributed by atoms with van der Waals surface area (Å²) in [6, 6.07) is 18.8. The van der Waals surface area contributed by atoms with Gasteiger partial charge in [0, 0.05) is 19.2 Å². The highest BCUT2D eigenvalue weighted by Crippen LogP contribution is 2.28. The Morgan fingerprint density at radius 2 is 1.77 bits per heavy atom. The van der Waals surface area contributed by atoms with Gasteiger partial charge in [0.25, 0.3) is 0 Å². The van der Waals surface area contributed by atoms with Crippen molar-refractivity contribution in [3.8, 4) is 11.1 Å². The first-order chi connectivity index (χ1) is 12.6. The van der Waals surface area contributed by atoms with Crippen molar-refractivity contribution in [2.75, 3.05) is 12.3 Å². The van der Waals surface area contributed by atoms with Gasteiger partial charge in [-0.15, -0.1) is 0 Å². The topological polar surface area (TPSA) is 37.4 Å². The van der Waals surface area contributed by atoms with E-state index in [0.717, 1.165) is 25.1 Å². The number of carbonyl (C=O) groups excluding carboxylic acids is 2. The van der Waals surface area contributed by atoms with E-state index in [1.165, 1.54) is 35.4 Å². The maximum atomic E-state index is 12.7. The Labute approximate surface area is 163 Å². The Morgan fingerprint density at radius 1 is 1.08 bits per heavy atom. The van der Waals surface area contributed by atoms with E-state index < -0.39 is 0 Å². The average Bonchev–Trinajstić information content (AvgIpc) is 3.20. The molecule has 3 nitrogen and oxygen atoms in total. The fourth-order valence-electron chi connectivity index (χ4n) is 3.01. The molecule has 1 unspecified atom stereocenters. The van der Waals surface area contributed by atoms with Crippen LogP contribution >= 0.6 is 23.7 Å². The van der Waals surface area contributed by atoms with Crippen molar-refractivity contribution < 1.29 is 9.59 Å². The summed E-state index contributed by atoms with van der Waals surface area (Å²) in [5, 5.41) is -0.279. The molecule has 1 amide bonds. The molecule has 0 bridgehead atoms. The van der Waals surface area contributed by atoms with Gasteiger partial charge in [-0.05, 0) is 47.9 Å². The van der Waals surface area contributed by atoms with Crippen molar-refractivity contribution in [1.29, 1.82) is 0 Å². The normalized spacial score (nSPS) is 15.0. The Bertz CT molecular complexity index is 740. The lowest BCUT2D eigenvalue weighted by Crippen LogP contribution is -2.32. The minimum atomic E-state index is -0.285. The van der Waals surface area contributed by atoms with Gasteiger partial charge in [0.1, 0.15) is 0 Å². The van der Waals surface area contributed by atoms with Crippen LogP contribution < -0.4 is 0 Å². The van der Waals surface area contributed by atoms with E-state index in [1.54, 1.807) is 11.9 Å². The van der Waals surface area contributed by atoms with Crippen LogP contribution in [0.15, 0.2) is 54.6 Å². The van der Waals surface area contributed by atoms with Crippen LogP contribution in [-0.4, -0.2) is 32.9 Å². The molecule has 0 aromatic heterocycles. The van der Waals surface area contributed by atoms with Crippen molar-refractivity contribution >= 4 is 34.7 Å². The van der Waals surface area contributed by atoms with Gasteiger partial charge in [-0.2, -0.15) is 0 Å². The van der Waals surface area contributed by atoms with E-state index in [1.807, 2.05) is 22.5 Å².